The molecule has 0 unspecified atom stereocenters. The number of allylic oxidation sites excluding steroid dienone is 9. The zero-order chi connectivity index (χ0) is 11.8. The first-order chi connectivity index (χ1) is 6.97. The van der Waals surface area contributed by atoms with Gasteiger partial charge in [-0.1, -0.05) is 61.3 Å². The highest BCUT2D eigenvalue weighted by molar-refractivity contribution is 5.45. The zero-order valence-electron chi connectivity index (χ0n) is 10.0. The predicted molar refractivity (Wildman–Crippen MR) is 70.8 cm³/mol. The Morgan fingerprint density at radius 3 is 1.67 bits per heavy atom. The molecule has 15 heavy (non-hydrogen) atoms. The molecule has 0 aromatic rings. The van der Waals surface area contributed by atoms with E-state index in [0.29, 0.717) is 0 Å². The van der Waals surface area contributed by atoms with Crippen molar-refractivity contribution < 1.29 is 0 Å². The van der Waals surface area contributed by atoms with E-state index in [1.54, 1.807) is 0 Å². The van der Waals surface area contributed by atoms with E-state index < -0.39 is 0 Å². The highest BCUT2D eigenvalue weighted by atomic mass is 14.0. The van der Waals surface area contributed by atoms with Crippen molar-refractivity contribution in [1.82, 2.24) is 0 Å². The van der Waals surface area contributed by atoms with Crippen molar-refractivity contribution in [3.63, 3.8) is 0 Å². The van der Waals surface area contributed by atoms with Gasteiger partial charge in [-0.3, -0.25) is 0 Å². The maximum atomic E-state index is 3.94. The van der Waals surface area contributed by atoms with E-state index >= 15 is 0 Å². The van der Waals surface area contributed by atoms with Gasteiger partial charge in [0.05, 0.1) is 0 Å². The fourth-order valence-corrected chi connectivity index (χ4v) is 0.785. The molecule has 0 amide bonds. The Balaban J connectivity index is 4.42. The maximum absolute atomic E-state index is 3.94. The molecule has 0 radical (unpaired) electrons. The van der Waals surface area contributed by atoms with Crippen molar-refractivity contribution in [2.24, 2.45) is 0 Å². The Labute approximate surface area is 93.7 Å². The molecule has 0 aliphatic rings. The van der Waals surface area contributed by atoms with Gasteiger partial charge >= 0.3 is 0 Å². The first-order valence-corrected chi connectivity index (χ1v) is 5.00. The molecule has 0 aliphatic heterocycles. The molecule has 0 heterocycles. The monoisotopic (exact) mass is 200 g/mol. The minimum Gasteiger partial charge on any atom is -0.0961 e. The van der Waals surface area contributed by atoms with Crippen LogP contribution in [0.1, 0.15) is 20.8 Å². The van der Waals surface area contributed by atoms with Crippen molar-refractivity contribution >= 4 is 0 Å². The molecule has 0 atom stereocenters. The topological polar surface area (TPSA) is 0 Å². The van der Waals surface area contributed by atoms with E-state index in [9.17, 15) is 0 Å². The fourth-order valence-electron chi connectivity index (χ4n) is 0.785. The van der Waals surface area contributed by atoms with Gasteiger partial charge in [-0.2, -0.15) is 0 Å². The molecule has 0 aromatic carbocycles. The van der Waals surface area contributed by atoms with E-state index in [-0.39, 0.29) is 0 Å². The zero-order valence-corrected chi connectivity index (χ0v) is 10.0. The Bertz CT molecular complexity index is 346. The van der Waals surface area contributed by atoms with Crippen LogP contribution in [0.5, 0.6) is 0 Å². The fraction of sp³-hybridized carbons (Fsp3) is 0.200. The number of hydrogen-bond acceptors (Lipinski definition) is 0. The van der Waals surface area contributed by atoms with Gasteiger partial charge in [0, 0.05) is 0 Å². The molecule has 0 N–H and O–H groups in total. The van der Waals surface area contributed by atoms with Crippen LogP contribution in [0, 0.1) is 0 Å². The van der Waals surface area contributed by atoms with Crippen LogP contribution >= 0.6 is 0 Å². The lowest BCUT2D eigenvalue weighted by Crippen LogP contribution is -1.79. The molecule has 0 saturated heterocycles. The van der Waals surface area contributed by atoms with Gasteiger partial charge in [-0.15, -0.1) is 0 Å². The van der Waals surface area contributed by atoms with Gasteiger partial charge < -0.3 is 0 Å². The minimum atomic E-state index is 0.915. The maximum Gasteiger partial charge on any atom is -0.0262 e. The first-order valence-electron chi connectivity index (χ1n) is 5.00. The van der Waals surface area contributed by atoms with Crippen molar-refractivity contribution in [2.45, 2.75) is 20.8 Å². The van der Waals surface area contributed by atoms with E-state index in [2.05, 4.69) is 32.7 Å². The summed E-state index contributed by atoms with van der Waals surface area (Å²) in [7, 11) is 0. The largest absolute Gasteiger partial charge is 0.0961 e. The highest BCUT2D eigenvalue weighted by Gasteiger charge is 1.90. The van der Waals surface area contributed by atoms with E-state index in [1.807, 2.05) is 38.2 Å². The third-order valence-corrected chi connectivity index (χ3v) is 1.98. The van der Waals surface area contributed by atoms with Gasteiger partial charge in [0.15, 0.2) is 0 Å². The van der Waals surface area contributed by atoms with Crippen LogP contribution < -0.4 is 0 Å². The Kier molecular flexibility index (Phi) is 6.12. The predicted octanol–water partition coefficient (Wildman–Crippen LogP) is 4.75. The van der Waals surface area contributed by atoms with Crippen LogP contribution in [0.3, 0.4) is 0 Å². The number of hydrogen-bond donors (Lipinski definition) is 0. The second kappa shape index (κ2) is 6.83. The Morgan fingerprint density at radius 2 is 1.27 bits per heavy atom. The lowest BCUT2D eigenvalue weighted by atomic mass is 10.1. The average Bonchev–Trinajstić information content (AvgIpc) is 2.21. The second-order valence-corrected chi connectivity index (χ2v) is 3.60. The van der Waals surface area contributed by atoms with Crippen LogP contribution in [0.25, 0.3) is 0 Å². The summed E-state index contributed by atoms with van der Waals surface area (Å²) in [6, 6.07) is 0. The average molecular weight is 200 g/mol. The smallest absolute Gasteiger partial charge is 0.0262 e. The van der Waals surface area contributed by atoms with E-state index in [1.165, 1.54) is 5.57 Å². The molecule has 0 aliphatic carbocycles. The highest BCUT2D eigenvalue weighted by Crippen LogP contribution is 2.10. The lowest BCUT2D eigenvalue weighted by Gasteiger charge is -1.98. The summed E-state index contributed by atoms with van der Waals surface area (Å²) in [4.78, 5) is 0. The van der Waals surface area contributed by atoms with Crippen LogP contribution in [0.4, 0.5) is 0 Å². The third-order valence-electron chi connectivity index (χ3n) is 1.98. The summed E-state index contributed by atoms with van der Waals surface area (Å²) in [6.45, 7) is 17.7. The molecular weight excluding hydrogens is 180 g/mol. The molecule has 0 spiro atoms. The summed E-state index contributed by atoms with van der Waals surface area (Å²) < 4.78 is 0. The summed E-state index contributed by atoms with van der Waals surface area (Å²) in [6.07, 6.45) is 9.92. The van der Waals surface area contributed by atoms with Crippen LogP contribution in [0.2, 0.25) is 0 Å². The summed E-state index contributed by atoms with van der Waals surface area (Å²) >= 11 is 0. The lowest BCUT2D eigenvalue weighted by molar-refractivity contribution is 1.46. The van der Waals surface area contributed by atoms with Crippen molar-refractivity contribution in [2.75, 3.05) is 0 Å². The van der Waals surface area contributed by atoms with Crippen molar-refractivity contribution in [3.8, 4) is 0 Å². The van der Waals surface area contributed by atoms with Gasteiger partial charge in [0.1, 0.15) is 0 Å². The molecule has 0 rings (SSSR count). The molecular formula is C15H20. The SMILES string of the molecule is C=C(C)/C=C\C(=C)C(=C)/C=C\C(C)=C/C. The second-order valence-electron chi connectivity index (χ2n) is 3.60. The first kappa shape index (κ1) is 13.4. The van der Waals surface area contributed by atoms with Gasteiger partial charge in [-0.05, 0) is 31.9 Å². The Morgan fingerprint density at radius 1 is 0.800 bits per heavy atom. The molecule has 0 heteroatoms. The van der Waals surface area contributed by atoms with Gasteiger partial charge in [0.25, 0.3) is 0 Å². The van der Waals surface area contributed by atoms with E-state index in [4.69, 9.17) is 0 Å². The van der Waals surface area contributed by atoms with Crippen molar-refractivity contribution in [3.05, 3.63) is 72.4 Å². The Hall–Kier alpha value is -1.56. The standard InChI is InChI=1S/C15H20/c1-7-13(4)9-11-15(6)14(5)10-8-12(2)3/h7-11H,2,5-6H2,1,3-4H3/b10-8-,11-9-,13-7-. The minimum absolute atomic E-state index is 0.915. The summed E-state index contributed by atoms with van der Waals surface area (Å²) in [5.74, 6) is 0. The van der Waals surface area contributed by atoms with Crippen molar-refractivity contribution in [1.29, 1.82) is 0 Å². The van der Waals surface area contributed by atoms with E-state index in [0.717, 1.165) is 16.7 Å². The molecule has 0 nitrogen and oxygen atoms in total. The third kappa shape index (κ3) is 6.50. The quantitative estimate of drug-likeness (QED) is 0.562. The molecule has 0 saturated carbocycles. The van der Waals surface area contributed by atoms with Gasteiger partial charge in [0.2, 0.25) is 0 Å². The molecule has 0 aromatic heterocycles. The van der Waals surface area contributed by atoms with Crippen LogP contribution in [-0.2, 0) is 0 Å². The summed E-state index contributed by atoms with van der Waals surface area (Å²) in [5, 5.41) is 0. The molecule has 0 bridgehead atoms. The van der Waals surface area contributed by atoms with Gasteiger partial charge in [-0.25, -0.2) is 0 Å². The van der Waals surface area contributed by atoms with Crippen LogP contribution in [-0.4, -0.2) is 0 Å². The summed E-state index contributed by atoms with van der Waals surface area (Å²) in [5.41, 5.74) is 4.07. The van der Waals surface area contributed by atoms with Crippen LogP contribution in [0.15, 0.2) is 72.4 Å². The normalized spacial score (nSPS) is 12.3. The molecule has 0 fully saturated rings. The number of rotatable bonds is 5. The molecule has 80 valence electrons.